The minimum atomic E-state index is -0.540. The highest BCUT2D eigenvalue weighted by molar-refractivity contribution is 5.23. The van der Waals surface area contributed by atoms with E-state index < -0.39 is 6.10 Å². The van der Waals surface area contributed by atoms with Crippen molar-refractivity contribution in [3.05, 3.63) is 35.4 Å². The maximum Gasteiger partial charge on any atom is 0.102 e. The van der Waals surface area contributed by atoms with E-state index in [9.17, 15) is 5.11 Å². The van der Waals surface area contributed by atoms with Crippen LogP contribution in [0.1, 0.15) is 24.2 Å². The standard InChI is InChI=1S/C11H17NO2/c1-2-14-8-11(13)10-5-3-9(7-12)4-6-10/h3-6,11,13H,2,7-8,12H2,1H3. The van der Waals surface area contributed by atoms with Crippen molar-refractivity contribution in [1.82, 2.24) is 0 Å². The average Bonchev–Trinajstić information content (AvgIpc) is 2.26. The monoisotopic (exact) mass is 195 g/mol. The van der Waals surface area contributed by atoms with E-state index in [4.69, 9.17) is 10.5 Å². The summed E-state index contributed by atoms with van der Waals surface area (Å²) in [6, 6.07) is 7.60. The lowest BCUT2D eigenvalue weighted by molar-refractivity contribution is 0.0420. The molecule has 0 fully saturated rings. The average molecular weight is 195 g/mol. The molecule has 1 aromatic rings. The third-order valence-electron chi connectivity index (χ3n) is 2.08. The molecule has 3 N–H and O–H groups in total. The quantitative estimate of drug-likeness (QED) is 0.742. The summed E-state index contributed by atoms with van der Waals surface area (Å²) < 4.78 is 5.13. The van der Waals surface area contributed by atoms with Crippen molar-refractivity contribution in [2.45, 2.75) is 19.6 Å². The number of rotatable bonds is 5. The Morgan fingerprint density at radius 2 is 2.00 bits per heavy atom. The molecule has 0 aliphatic carbocycles. The highest BCUT2D eigenvalue weighted by Gasteiger charge is 2.06. The molecular formula is C11H17NO2. The molecule has 1 unspecified atom stereocenters. The smallest absolute Gasteiger partial charge is 0.102 e. The van der Waals surface area contributed by atoms with Crippen molar-refractivity contribution in [2.24, 2.45) is 5.73 Å². The van der Waals surface area contributed by atoms with Crippen LogP contribution in [-0.2, 0) is 11.3 Å². The van der Waals surface area contributed by atoms with E-state index in [2.05, 4.69) is 0 Å². The Morgan fingerprint density at radius 1 is 1.36 bits per heavy atom. The van der Waals surface area contributed by atoms with Gasteiger partial charge in [0.1, 0.15) is 6.10 Å². The minimum Gasteiger partial charge on any atom is -0.386 e. The lowest BCUT2D eigenvalue weighted by Gasteiger charge is -2.10. The number of benzene rings is 1. The van der Waals surface area contributed by atoms with E-state index in [1.54, 1.807) is 0 Å². The zero-order valence-electron chi connectivity index (χ0n) is 8.44. The molecule has 78 valence electrons. The topological polar surface area (TPSA) is 55.5 Å². The first-order chi connectivity index (χ1) is 6.77. The fourth-order valence-corrected chi connectivity index (χ4v) is 1.20. The predicted octanol–water partition coefficient (Wildman–Crippen LogP) is 1.22. The number of ether oxygens (including phenoxy) is 1. The normalized spacial score (nSPS) is 12.8. The summed E-state index contributed by atoms with van der Waals surface area (Å²) in [6.07, 6.45) is -0.540. The summed E-state index contributed by atoms with van der Waals surface area (Å²) >= 11 is 0. The molecule has 0 bridgehead atoms. The summed E-state index contributed by atoms with van der Waals surface area (Å²) in [6.45, 7) is 3.41. The summed E-state index contributed by atoms with van der Waals surface area (Å²) in [5, 5.41) is 9.66. The van der Waals surface area contributed by atoms with Crippen molar-refractivity contribution in [3.63, 3.8) is 0 Å². The molecular weight excluding hydrogens is 178 g/mol. The summed E-state index contributed by atoms with van der Waals surface area (Å²) in [7, 11) is 0. The van der Waals surface area contributed by atoms with Crippen LogP contribution >= 0.6 is 0 Å². The zero-order valence-corrected chi connectivity index (χ0v) is 8.44. The van der Waals surface area contributed by atoms with Gasteiger partial charge in [-0.2, -0.15) is 0 Å². The van der Waals surface area contributed by atoms with E-state index in [1.807, 2.05) is 31.2 Å². The number of aliphatic hydroxyl groups excluding tert-OH is 1. The molecule has 3 heteroatoms. The fourth-order valence-electron chi connectivity index (χ4n) is 1.20. The van der Waals surface area contributed by atoms with Gasteiger partial charge in [0.2, 0.25) is 0 Å². The summed E-state index contributed by atoms with van der Waals surface area (Å²) in [5.41, 5.74) is 7.41. The van der Waals surface area contributed by atoms with Gasteiger partial charge in [0.25, 0.3) is 0 Å². The first-order valence-corrected chi connectivity index (χ1v) is 4.82. The van der Waals surface area contributed by atoms with Crippen molar-refractivity contribution in [3.8, 4) is 0 Å². The molecule has 0 aromatic heterocycles. The predicted molar refractivity (Wildman–Crippen MR) is 55.8 cm³/mol. The van der Waals surface area contributed by atoms with Gasteiger partial charge in [-0.3, -0.25) is 0 Å². The third-order valence-corrected chi connectivity index (χ3v) is 2.08. The van der Waals surface area contributed by atoms with Crippen LogP contribution in [0.3, 0.4) is 0 Å². The Kier molecular flexibility index (Phi) is 4.59. The molecule has 14 heavy (non-hydrogen) atoms. The van der Waals surface area contributed by atoms with Crippen LogP contribution in [0, 0.1) is 0 Å². The van der Waals surface area contributed by atoms with Crippen LogP contribution in [0.5, 0.6) is 0 Å². The van der Waals surface area contributed by atoms with Gasteiger partial charge in [-0.15, -0.1) is 0 Å². The number of hydrogen-bond donors (Lipinski definition) is 2. The minimum absolute atomic E-state index is 0.346. The van der Waals surface area contributed by atoms with E-state index in [1.165, 1.54) is 0 Å². The van der Waals surface area contributed by atoms with Gasteiger partial charge in [0, 0.05) is 13.2 Å². The van der Waals surface area contributed by atoms with E-state index in [0.29, 0.717) is 19.8 Å². The lowest BCUT2D eigenvalue weighted by Crippen LogP contribution is -2.07. The Balaban J connectivity index is 2.57. The first kappa shape index (κ1) is 11.2. The van der Waals surface area contributed by atoms with Gasteiger partial charge < -0.3 is 15.6 Å². The van der Waals surface area contributed by atoms with Gasteiger partial charge in [-0.25, -0.2) is 0 Å². The maximum atomic E-state index is 9.66. The molecule has 3 nitrogen and oxygen atoms in total. The molecule has 1 atom stereocenters. The van der Waals surface area contributed by atoms with Crippen LogP contribution in [0.25, 0.3) is 0 Å². The van der Waals surface area contributed by atoms with Crippen LogP contribution in [0.4, 0.5) is 0 Å². The second-order valence-corrected chi connectivity index (χ2v) is 3.12. The van der Waals surface area contributed by atoms with E-state index in [-0.39, 0.29) is 0 Å². The van der Waals surface area contributed by atoms with Gasteiger partial charge in [0.05, 0.1) is 6.61 Å². The lowest BCUT2D eigenvalue weighted by atomic mass is 10.1. The Morgan fingerprint density at radius 3 is 2.50 bits per heavy atom. The van der Waals surface area contributed by atoms with Crippen LogP contribution < -0.4 is 5.73 Å². The molecule has 0 saturated carbocycles. The SMILES string of the molecule is CCOCC(O)c1ccc(CN)cc1. The van der Waals surface area contributed by atoms with Gasteiger partial charge in [-0.05, 0) is 18.1 Å². The van der Waals surface area contributed by atoms with Crippen molar-refractivity contribution in [1.29, 1.82) is 0 Å². The highest BCUT2D eigenvalue weighted by Crippen LogP contribution is 2.13. The molecule has 0 saturated heterocycles. The van der Waals surface area contributed by atoms with Crippen molar-refractivity contribution in [2.75, 3.05) is 13.2 Å². The molecule has 0 amide bonds. The van der Waals surface area contributed by atoms with Crippen molar-refractivity contribution >= 4 is 0 Å². The number of hydrogen-bond acceptors (Lipinski definition) is 3. The second-order valence-electron chi connectivity index (χ2n) is 3.12. The molecule has 0 heterocycles. The maximum absolute atomic E-state index is 9.66. The zero-order chi connectivity index (χ0) is 10.4. The molecule has 0 radical (unpaired) electrons. The molecule has 0 aliphatic rings. The Labute approximate surface area is 84.5 Å². The van der Waals surface area contributed by atoms with Crippen LogP contribution in [0.15, 0.2) is 24.3 Å². The first-order valence-electron chi connectivity index (χ1n) is 4.82. The van der Waals surface area contributed by atoms with E-state index in [0.717, 1.165) is 11.1 Å². The van der Waals surface area contributed by atoms with Crippen LogP contribution in [-0.4, -0.2) is 18.3 Å². The van der Waals surface area contributed by atoms with Gasteiger partial charge in [0.15, 0.2) is 0 Å². The molecule has 0 spiro atoms. The van der Waals surface area contributed by atoms with E-state index >= 15 is 0 Å². The highest BCUT2D eigenvalue weighted by atomic mass is 16.5. The number of nitrogens with two attached hydrogens (primary N) is 1. The molecule has 1 aromatic carbocycles. The summed E-state index contributed by atoms with van der Waals surface area (Å²) in [4.78, 5) is 0. The molecule has 1 rings (SSSR count). The van der Waals surface area contributed by atoms with Gasteiger partial charge in [-0.1, -0.05) is 24.3 Å². The summed E-state index contributed by atoms with van der Waals surface area (Å²) in [5.74, 6) is 0. The molecule has 0 aliphatic heterocycles. The van der Waals surface area contributed by atoms with Gasteiger partial charge >= 0.3 is 0 Å². The Hall–Kier alpha value is -0.900. The Bertz CT molecular complexity index is 258. The van der Waals surface area contributed by atoms with Crippen molar-refractivity contribution < 1.29 is 9.84 Å². The fraction of sp³-hybridized carbons (Fsp3) is 0.455. The number of aliphatic hydroxyl groups is 1. The third kappa shape index (κ3) is 3.10. The largest absolute Gasteiger partial charge is 0.386 e. The van der Waals surface area contributed by atoms with Crippen LogP contribution in [0.2, 0.25) is 0 Å². The second kappa shape index (κ2) is 5.75.